The van der Waals surface area contributed by atoms with E-state index in [0.717, 1.165) is 25.0 Å². The molecule has 21 heavy (non-hydrogen) atoms. The molecule has 0 aliphatic heterocycles. The molecule has 0 aliphatic rings. The maximum absolute atomic E-state index is 12.4. The Balaban J connectivity index is 2.27. The Hall–Kier alpha value is -1.03. The van der Waals surface area contributed by atoms with Crippen molar-refractivity contribution in [3.8, 4) is 0 Å². The molecule has 4 heteroatoms. The monoisotopic (exact) mass is 302 g/mol. The summed E-state index contributed by atoms with van der Waals surface area (Å²) in [6, 6.07) is 4.80. The summed E-state index contributed by atoms with van der Waals surface area (Å²) < 4.78 is 37.3. The highest BCUT2D eigenvalue weighted by Gasteiger charge is 2.30. The Bertz CT molecular complexity index is 384. The van der Waals surface area contributed by atoms with Crippen molar-refractivity contribution >= 4 is 0 Å². The van der Waals surface area contributed by atoms with Gasteiger partial charge in [0.05, 0.1) is 11.7 Å². The van der Waals surface area contributed by atoms with Crippen molar-refractivity contribution in [2.75, 3.05) is 0 Å². The first-order valence-electron chi connectivity index (χ1n) is 7.80. The first kappa shape index (κ1) is 18.0. The molecule has 1 aromatic carbocycles. The Morgan fingerprint density at radius 2 is 1.43 bits per heavy atom. The summed E-state index contributed by atoms with van der Waals surface area (Å²) in [4.78, 5) is 0. The zero-order chi connectivity index (χ0) is 15.7. The van der Waals surface area contributed by atoms with Gasteiger partial charge in [0.25, 0.3) is 0 Å². The highest BCUT2D eigenvalue weighted by Crippen LogP contribution is 2.30. The van der Waals surface area contributed by atoms with Gasteiger partial charge in [-0.1, -0.05) is 64.0 Å². The number of alkyl halides is 3. The lowest BCUT2D eigenvalue weighted by molar-refractivity contribution is -0.137. The van der Waals surface area contributed by atoms with E-state index >= 15 is 0 Å². The molecule has 0 saturated carbocycles. The number of aliphatic hydroxyl groups excluding tert-OH is 1. The topological polar surface area (TPSA) is 20.2 Å². The molecule has 0 heterocycles. The highest BCUT2D eigenvalue weighted by molar-refractivity contribution is 5.25. The molecule has 1 atom stereocenters. The largest absolute Gasteiger partial charge is 0.416 e. The normalized spacial score (nSPS) is 13.4. The minimum absolute atomic E-state index is 0.564. The van der Waals surface area contributed by atoms with Crippen LogP contribution in [0.1, 0.15) is 75.5 Å². The van der Waals surface area contributed by atoms with Crippen LogP contribution in [0.3, 0.4) is 0 Å². The van der Waals surface area contributed by atoms with Crippen LogP contribution >= 0.6 is 0 Å². The maximum Gasteiger partial charge on any atom is 0.416 e. The van der Waals surface area contributed by atoms with Gasteiger partial charge < -0.3 is 5.11 Å². The second-order valence-corrected chi connectivity index (χ2v) is 5.55. The molecule has 1 N–H and O–H groups in total. The SMILES string of the molecule is CCCCCCCCCC(O)c1ccc(C(F)(F)F)cc1. The molecule has 0 saturated heterocycles. The third-order valence-electron chi connectivity index (χ3n) is 3.70. The second kappa shape index (κ2) is 9.08. The molecular weight excluding hydrogens is 277 g/mol. The average molecular weight is 302 g/mol. The van der Waals surface area contributed by atoms with E-state index in [1.165, 1.54) is 44.2 Å². The van der Waals surface area contributed by atoms with Crippen LogP contribution < -0.4 is 0 Å². The van der Waals surface area contributed by atoms with E-state index < -0.39 is 17.8 Å². The zero-order valence-corrected chi connectivity index (χ0v) is 12.6. The quantitative estimate of drug-likeness (QED) is 0.565. The van der Waals surface area contributed by atoms with Crippen LogP contribution in [0.5, 0.6) is 0 Å². The van der Waals surface area contributed by atoms with Crippen molar-refractivity contribution in [2.45, 2.75) is 70.6 Å². The fourth-order valence-corrected chi connectivity index (χ4v) is 2.36. The maximum atomic E-state index is 12.4. The summed E-state index contributed by atoms with van der Waals surface area (Å²) in [7, 11) is 0. The van der Waals surface area contributed by atoms with Gasteiger partial charge in [-0.2, -0.15) is 13.2 Å². The first-order valence-corrected chi connectivity index (χ1v) is 7.80. The van der Waals surface area contributed by atoms with Gasteiger partial charge in [0.15, 0.2) is 0 Å². The molecule has 0 amide bonds. The lowest BCUT2D eigenvalue weighted by Crippen LogP contribution is -2.05. The Morgan fingerprint density at radius 3 is 1.95 bits per heavy atom. The second-order valence-electron chi connectivity index (χ2n) is 5.55. The van der Waals surface area contributed by atoms with Gasteiger partial charge in [-0.15, -0.1) is 0 Å². The van der Waals surface area contributed by atoms with Crippen LogP contribution in [0.25, 0.3) is 0 Å². The zero-order valence-electron chi connectivity index (χ0n) is 12.6. The molecule has 1 unspecified atom stereocenters. The highest BCUT2D eigenvalue weighted by atomic mass is 19.4. The molecule has 0 radical (unpaired) electrons. The van der Waals surface area contributed by atoms with Crippen LogP contribution in [-0.4, -0.2) is 5.11 Å². The lowest BCUT2D eigenvalue weighted by Gasteiger charge is -2.12. The fourth-order valence-electron chi connectivity index (χ4n) is 2.36. The van der Waals surface area contributed by atoms with Crippen molar-refractivity contribution in [3.05, 3.63) is 35.4 Å². The van der Waals surface area contributed by atoms with Crippen LogP contribution in [0, 0.1) is 0 Å². The molecule has 0 fully saturated rings. The van der Waals surface area contributed by atoms with E-state index in [9.17, 15) is 18.3 Å². The summed E-state index contributed by atoms with van der Waals surface area (Å²) in [5.41, 5.74) is -0.108. The first-order chi connectivity index (χ1) is 9.95. The van der Waals surface area contributed by atoms with Gasteiger partial charge in [0.1, 0.15) is 0 Å². The molecule has 1 rings (SSSR count). The van der Waals surface area contributed by atoms with Gasteiger partial charge >= 0.3 is 6.18 Å². The number of benzene rings is 1. The summed E-state index contributed by atoms with van der Waals surface area (Å²) in [6.45, 7) is 2.18. The number of halogens is 3. The fraction of sp³-hybridized carbons (Fsp3) is 0.647. The van der Waals surface area contributed by atoms with Gasteiger partial charge in [0, 0.05) is 0 Å². The van der Waals surface area contributed by atoms with E-state index in [4.69, 9.17) is 0 Å². The molecule has 1 nitrogen and oxygen atoms in total. The third kappa shape index (κ3) is 6.98. The van der Waals surface area contributed by atoms with Gasteiger partial charge in [-0.3, -0.25) is 0 Å². The standard InChI is InChI=1S/C17H25F3O/c1-2-3-4-5-6-7-8-9-16(21)14-10-12-15(13-11-14)17(18,19)20/h10-13,16,21H,2-9H2,1H3. The van der Waals surface area contributed by atoms with E-state index in [-0.39, 0.29) is 0 Å². The Morgan fingerprint density at radius 1 is 0.905 bits per heavy atom. The summed E-state index contributed by atoms with van der Waals surface area (Å²) in [5, 5.41) is 9.97. The van der Waals surface area contributed by atoms with Crippen molar-refractivity contribution in [1.29, 1.82) is 0 Å². The van der Waals surface area contributed by atoms with Crippen LogP contribution in [0.4, 0.5) is 13.2 Å². The molecule has 0 spiro atoms. The minimum Gasteiger partial charge on any atom is -0.388 e. The van der Waals surface area contributed by atoms with Gasteiger partial charge in [-0.25, -0.2) is 0 Å². The van der Waals surface area contributed by atoms with E-state index in [2.05, 4.69) is 6.92 Å². The van der Waals surface area contributed by atoms with Crippen molar-refractivity contribution in [3.63, 3.8) is 0 Å². The Labute approximate surface area is 125 Å². The number of hydrogen-bond acceptors (Lipinski definition) is 1. The molecule has 0 aliphatic carbocycles. The number of aliphatic hydroxyl groups is 1. The van der Waals surface area contributed by atoms with Crippen LogP contribution in [0.2, 0.25) is 0 Å². The number of unbranched alkanes of at least 4 members (excludes halogenated alkanes) is 6. The van der Waals surface area contributed by atoms with Gasteiger partial charge in [-0.05, 0) is 24.1 Å². The summed E-state index contributed by atoms with van der Waals surface area (Å²) >= 11 is 0. The molecule has 0 aromatic heterocycles. The van der Waals surface area contributed by atoms with Crippen LogP contribution in [-0.2, 0) is 6.18 Å². The predicted molar refractivity (Wildman–Crippen MR) is 79.0 cm³/mol. The minimum atomic E-state index is -4.32. The van der Waals surface area contributed by atoms with Crippen molar-refractivity contribution in [1.82, 2.24) is 0 Å². The summed E-state index contributed by atoms with van der Waals surface area (Å²) in [5.74, 6) is 0. The predicted octanol–water partition coefficient (Wildman–Crippen LogP) is 5.88. The smallest absolute Gasteiger partial charge is 0.388 e. The van der Waals surface area contributed by atoms with E-state index in [1.807, 2.05) is 0 Å². The summed E-state index contributed by atoms with van der Waals surface area (Å²) in [6.07, 6.45) is 3.77. The number of rotatable bonds is 9. The lowest BCUT2D eigenvalue weighted by atomic mass is 10.0. The Kier molecular flexibility index (Phi) is 7.79. The molecule has 0 bridgehead atoms. The van der Waals surface area contributed by atoms with Crippen molar-refractivity contribution < 1.29 is 18.3 Å². The van der Waals surface area contributed by atoms with Crippen molar-refractivity contribution in [2.24, 2.45) is 0 Å². The average Bonchev–Trinajstić information content (AvgIpc) is 2.45. The molecule has 1 aromatic rings. The van der Waals surface area contributed by atoms with Crippen LogP contribution in [0.15, 0.2) is 24.3 Å². The number of hydrogen-bond donors (Lipinski definition) is 1. The van der Waals surface area contributed by atoms with E-state index in [0.29, 0.717) is 12.0 Å². The van der Waals surface area contributed by atoms with Gasteiger partial charge in [0.2, 0.25) is 0 Å². The van der Waals surface area contributed by atoms with E-state index in [1.54, 1.807) is 0 Å². The molecule has 120 valence electrons. The molecular formula is C17H25F3O. The third-order valence-corrected chi connectivity index (χ3v) is 3.70.